The zero-order chi connectivity index (χ0) is 19.8. The molecule has 8 heteroatoms. The molecule has 1 unspecified atom stereocenters. The predicted octanol–water partition coefficient (Wildman–Crippen LogP) is 1.89. The molecule has 0 bridgehead atoms. The number of carbonyl (C=O) groups excluding carboxylic acids is 2. The first-order chi connectivity index (χ1) is 13.7. The number of ether oxygens (including phenoxy) is 3. The van der Waals surface area contributed by atoms with Gasteiger partial charge in [0.1, 0.15) is 6.61 Å². The summed E-state index contributed by atoms with van der Waals surface area (Å²) < 4.78 is 21.7. The van der Waals surface area contributed by atoms with Gasteiger partial charge in [0.2, 0.25) is 5.91 Å². The van der Waals surface area contributed by atoms with Crippen LogP contribution in [0.4, 0.5) is 0 Å². The number of amides is 2. The van der Waals surface area contributed by atoms with E-state index < -0.39 is 5.91 Å². The van der Waals surface area contributed by atoms with Crippen LogP contribution in [0.25, 0.3) is 0 Å². The van der Waals surface area contributed by atoms with Gasteiger partial charge in [0.05, 0.1) is 26.0 Å². The van der Waals surface area contributed by atoms with Gasteiger partial charge >= 0.3 is 0 Å². The average molecular weight is 388 g/mol. The van der Waals surface area contributed by atoms with Gasteiger partial charge in [-0.25, -0.2) is 0 Å². The second-order valence-electron chi connectivity index (χ2n) is 6.37. The highest BCUT2D eigenvalue weighted by Crippen LogP contribution is 2.29. The minimum Gasteiger partial charge on any atom is -0.493 e. The van der Waals surface area contributed by atoms with Crippen LogP contribution in [0.5, 0.6) is 11.5 Å². The number of hydrogen-bond donors (Lipinski definition) is 2. The Morgan fingerprint density at radius 3 is 2.82 bits per heavy atom. The van der Waals surface area contributed by atoms with Crippen molar-refractivity contribution in [3.8, 4) is 11.5 Å². The molecule has 1 aromatic heterocycles. The maximum atomic E-state index is 11.9. The normalized spacial score (nSPS) is 15.8. The molecule has 1 atom stereocenters. The third-order valence-corrected chi connectivity index (χ3v) is 4.32. The summed E-state index contributed by atoms with van der Waals surface area (Å²) in [6.07, 6.45) is 3.59. The first-order valence-electron chi connectivity index (χ1n) is 9.15. The van der Waals surface area contributed by atoms with E-state index in [4.69, 9.17) is 18.6 Å². The molecule has 0 aliphatic carbocycles. The van der Waals surface area contributed by atoms with Crippen molar-refractivity contribution in [2.75, 3.05) is 26.9 Å². The third-order valence-electron chi connectivity index (χ3n) is 4.32. The Morgan fingerprint density at radius 1 is 1.21 bits per heavy atom. The fourth-order valence-corrected chi connectivity index (χ4v) is 2.82. The molecule has 2 heterocycles. The first kappa shape index (κ1) is 19.8. The van der Waals surface area contributed by atoms with Crippen molar-refractivity contribution in [3.05, 3.63) is 47.9 Å². The Kier molecular flexibility index (Phi) is 6.91. The predicted molar refractivity (Wildman–Crippen MR) is 100 cm³/mol. The van der Waals surface area contributed by atoms with Crippen LogP contribution in [0.3, 0.4) is 0 Å². The van der Waals surface area contributed by atoms with Crippen LogP contribution in [-0.4, -0.2) is 44.8 Å². The van der Waals surface area contributed by atoms with E-state index in [1.54, 1.807) is 13.2 Å². The van der Waals surface area contributed by atoms with E-state index in [2.05, 4.69) is 10.6 Å². The fraction of sp³-hybridized carbons (Fsp3) is 0.400. The van der Waals surface area contributed by atoms with Crippen LogP contribution in [0, 0.1) is 0 Å². The lowest BCUT2D eigenvalue weighted by Crippen LogP contribution is -2.36. The Balaban J connectivity index is 1.45. The summed E-state index contributed by atoms with van der Waals surface area (Å²) in [6.45, 7) is 1.44. The van der Waals surface area contributed by atoms with Gasteiger partial charge in [-0.2, -0.15) is 0 Å². The number of carbonyl (C=O) groups is 2. The highest BCUT2D eigenvalue weighted by Gasteiger charge is 2.17. The van der Waals surface area contributed by atoms with Crippen molar-refractivity contribution in [1.29, 1.82) is 0 Å². The van der Waals surface area contributed by atoms with Crippen LogP contribution in [0.15, 0.2) is 41.0 Å². The molecule has 2 aromatic rings. The molecule has 2 N–H and O–H groups in total. The molecule has 1 saturated heterocycles. The third kappa shape index (κ3) is 5.50. The molecule has 8 nitrogen and oxygen atoms in total. The number of rotatable bonds is 9. The minimum atomic E-state index is -0.436. The zero-order valence-electron chi connectivity index (χ0n) is 15.7. The van der Waals surface area contributed by atoms with Crippen LogP contribution in [0.2, 0.25) is 0 Å². The van der Waals surface area contributed by atoms with Crippen molar-refractivity contribution in [1.82, 2.24) is 10.6 Å². The number of methoxy groups -OCH3 is 1. The molecule has 1 aliphatic heterocycles. The molecular weight excluding hydrogens is 364 g/mol. The number of furan rings is 1. The standard InChI is InChI=1S/C20H24N2O6/c1-25-18-10-14(6-7-16(18)28-13-15-4-2-8-26-15)11-21-19(23)12-22-20(24)17-5-3-9-27-17/h3,5-7,9-10,15H,2,4,8,11-13H2,1H3,(H,21,23)(H,22,24). The van der Waals surface area contributed by atoms with Gasteiger partial charge in [-0.1, -0.05) is 6.07 Å². The Hall–Kier alpha value is -3.00. The summed E-state index contributed by atoms with van der Waals surface area (Å²) in [6, 6.07) is 8.62. The largest absolute Gasteiger partial charge is 0.493 e. The topological polar surface area (TPSA) is 99.0 Å². The molecule has 150 valence electrons. The van der Waals surface area contributed by atoms with Crippen LogP contribution < -0.4 is 20.1 Å². The van der Waals surface area contributed by atoms with E-state index in [1.165, 1.54) is 12.3 Å². The Labute approximate surface area is 163 Å². The van der Waals surface area contributed by atoms with Gasteiger partial charge < -0.3 is 29.3 Å². The summed E-state index contributed by atoms with van der Waals surface area (Å²) in [7, 11) is 1.57. The van der Waals surface area contributed by atoms with E-state index >= 15 is 0 Å². The van der Waals surface area contributed by atoms with E-state index in [1.807, 2.05) is 18.2 Å². The van der Waals surface area contributed by atoms with Crippen molar-refractivity contribution >= 4 is 11.8 Å². The maximum absolute atomic E-state index is 11.9. The molecule has 0 spiro atoms. The van der Waals surface area contributed by atoms with E-state index in [0.717, 1.165) is 25.0 Å². The highest BCUT2D eigenvalue weighted by atomic mass is 16.5. The van der Waals surface area contributed by atoms with Crippen LogP contribution >= 0.6 is 0 Å². The molecule has 1 fully saturated rings. The zero-order valence-corrected chi connectivity index (χ0v) is 15.7. The molecule has 0 saturated carbocycles. The maximum Gasteiger partial charge on any atom is 0.287 e. The minimum absolute atomic E-state index is 0.125. The smallest absolute Gasteiger partial charge is 0.287 e. The quantitative estimate of drug-likeness (QED) is 0.681. The summed E-state index contributed by atoms with van der Waals surface area (Å²) in [5, 5.41) is 5.24. The van der Waals surface area contributed by atoms with E-state index in [9.17, 15) is 9.59 Å². The highest BCUT2D eigenvalue weighted by molar-refractivity contribution is 5.94. The molecule has 2 amide bonds. The molecular formula is C20H24N2O6. The second-order valence-corrected chi connectivity index (χ2v) is 6.37. The van der Waals surface area contributed by atoms with Crippen molar-refractivity contribution in [3.63, 3.8) is 0 Å². The van der Waals surface area contributed by atoms with E-state index in [-0.39, 0.29) is 24.3 Å². The number of benzene rings is 1. The molecule has 1 aromatic carbocycles. The van der Waals surface area contributed by atoms with Gasteiger partial charge in [-0.05, 0) is 42.7 Å². The van der Waals surface area contributed by atoms with Crippen LogP contribution in [0.1, 0.15) is 29.0 Å². The Morgan fingerprint density at radius 2 is 2.11 bits per heavy atom. The molecule has 3 rings (SSSR count). The summed E-state index contributed by atoms with van der Waals surface area (Å²) >= 11 is 0. The monoisotopic (exact) mass is 388 g/mol. The first-order valence-corrected chi connectivity index (χ1v) is 9.15. The van der Waals surface area contributed by atoms with Crippen molar-refractivity contribution in [2.45, 2.75) is 25.5 Å². The van der Waals surface area contributed by atoms with Gasteiger partial charge in [0.15, 0.2) is 17.3 Å². The van der Waals surface area contributed by atoms with Gasteiger partial charge in [0.25, 0.3) is 5.91 Å². The number of nitrogens with one attached hydrogen (secondary N) is 2. The molecule has 1 aliphatic rings. The summed E-state index contributed by atoms with van der Waals surface area (Å²) in [5.41, 5.74) is 0.854. The SMILES string of the molecule is COc1cc(CNC(=O)CNC(=O)c2ccco2)ccc1OCC1CCCO1. The van der Waals surface area contributed by atoms with Gasteiger partial charge in [0, 0.05) is 13.2 Å². The lowest BCUT2D eigenvalue weighted by atomic mass is 10.2. The fourth-order valence-electron chi connectivity index (χ4n) is 2.82. The lowest BCUT2D eigenvalue weighted by Gasteiger charge is -2.15. The summed E-state index contributed by atoms with van der Waals surface area (Å²) in [5.74, 6) is 0.651. The van der Waals surface area contributed by atoms with Crippen LogP contribution in [-0.2, 0) is 16.1 Å². The second kappa shape index (κ2) is 9.80. The average Bonchev–Trinajstić information content (AvgIpc) is 3.43. The lowest BCUT2D eigenvalue weighted by molar-refractivity contribution is -0.120. The van der Waals surface area contributed by atoms with Gasteiger partial charge in [-0.15, -0.1) is 0 Å². The Bertz CT molecular complexity index is 784. The van der Waals surface area contributed by atoms with Crippen molar-refractivity contribution in [2.24, 2.45) is 0 Å². The molecule has 0 radical (unpaired) electrons. The van der Waals surface area contributed by atoms with Crippen molar-refractivity contribution < 1.29 is 28.2 Å². The number of hydrogen-bond acceptors (Lipinski definition) is 6. The van der Waals surface area contributed by atoms with Gasteiger partial charge in [-0.3, -0.25) is 9.59 Å². The van der Waals surface area contributed by atoms with E-state index in [0.29, 0.717) is 24.7 Å². The summed E-state index contributed by atoms with van der Waals surface area (Å²) in [4.78, 5) is 23.7. The molecule has 28 heavy (non-hydrogen) atoms.